The maximum atomic E-state index is 11.8. The van der Waals surface area contributed by atoms with Crippen LogP contribution in [0.25, 0.3) is 0 Å². The molecule has 0 atom stereocenters. The van der Waals surface area contributed by atoms with E-state index in [-0.39, 0.29) is 5.78 Å². The first kappa shape index (κ1) is 14.0. The van der Waals surface area contributed by atoms with Crippen molar-refractivity contribution in [2.75, 3.05) is 10.6 Å². The number of nitrogens with one attached hydrogen (secondary N) is 2. The zero-order valence-corrected chi connectivity index (χ0v) is 11.4. The lowest BCUT2D eigenvalue weighted by molar-refractivity contribution is 0.101. The Balaban J connectivity index is 2.01. The predicted molar refractivity (Wildman–Crippen MR) is 78.3 cm³/mol. The number of benzene rings is 1. The van der Waals surface area contributed by atoms with E-state index < -0.39 is 6.03 Å². The second-order valence-corrected chi connectivity index (χ2v) is 4.48. The second kappa shape index (κ2) is 6.16. The van der Waals surface area contributed by atoms with Crippen LogP contribution in [0, 0.1) is 0 Å². The van der Waals surface area contributed by atoms with Gasteiger partial charge in [0.2, 0.25) is 0 Å². The molecule has 0 unspecified atom stereocenters. The first-order valence-electron chi connectivity index (χ1n) is 5.85. The number of nitrogens with zero attached hydrogens (tertiary/aromatic N) is 1. The summed E-state index contributed by atoms with van der Waals surface area (Å²) in [5.41, 5.74) is 1.59. The van der Waals surface area contributed by atoms with Crippen LogP contribution < -0.4 is 10.6 Å². The molecule has 20 heavy (non-hydrogen) atoms. The van der Waals surface area contributed by atoms with Gasteiger partial charge in [0, 0.05) is 17.4 Å². The molecule has 1 aromatic carbocycles. The molecule has 1 heterocycles. The number of hydrogen-bond acceptors (Lipinski definition) is 3. The van der Waals surface area contributed by atoms with Crippen molar-refractivity contribution in [2.24, 2.45) is 0 Å². The molecular formula is C14H12ClN3O2. The van der Waals surface area contributed by atoms with Gasteiger partial charge < -0.3 is 10.6 Å². The van der Waals surface area contributed by atoms with Gasteiger partial charge in [-0.25, -0.2) is 4.79 Å². The van der Waals surface area contributed by atoms with Crippen LogP contribution in [0.15, 0.2) is 42.7 Å². The fourth-order valence-electron chi connectivity index (χ4n) is 1.54. The zero-order chi connectivity index (χ0) is 14.5. The summed E-state index contributed by atoms with van der Waals surface area (Å²) in [5.74, 6) is -0.0249. The van der Waals surface area contributed by atoms with Crippen LogP contribution in [-0.4, -0.2) is 16.8 Å². The molecule has 1 aromatic heterocycles. The number of anilines is 2. The Morgan fingerprint density at radius 3 is 2.40 bits per heavy atom. The second-order valence-electron chi connectivity index (χ2n) is 4.07. The van der Waals surface area contributed by atoms with E-state index >= 15 is 0 Å². The van der Waals surface area contributed by atoms with Gasteiger partial charge in [0.1, 0.15) is 0 Å². The lowest BCUT2D eigenvalue weighted by atomic mass is 10.1. The topological polar surface area (TPSA) is 71.1 Å². The van der Waals surface area contributed by atoms with Gasteiger partial charge in [0.25, 0.3) is 0 Å². The van der Waals surface area contributed by atoms with Gasteiger partial charge in [-0.1, -0.05) is 11.6 Å². The Morgan fingerprint density at radius 1 is 1.10 bits per heavy atom. The number of carbonyl (C=O) groups is 2. The van der Waals surface area contributed by atoms with E-state index in [1.165, 1.54) is 19.3 Å². The summed E-state index contributed by atoms with van der Waals surface area (Å²) in [4.78, 5) is 26.8. The average molecular weight is 290 g/mol. The number of ketones is 1. The standard InChI is InChI=1S/C14H12ClN3O2/c1-9(19)10-2-4-11(5-3-10)17-14(20)18-13-8-16-7-6-12(13)15/h2-8H,1H3,(H2,17,18,20). The molecule has 102 valence electrons. The van der Waals surface area contributed by atoms with Crippen LogP contribution >= 0.6 is 11.6 Å². The molecule has 0 aliphatic heterocycles. The van der Waals surface area contributed by atoms with E-state index in [4.69, 9.17) is 11.6 Å². The highest BCUT2D eigenvalue weighted by Gasteiger charge is 2.06. The number of amides is 2. The molecule has 0 saturated carbocycles. The van der Waals surface area contributed by atoms with Gasteiger partial charge in [-0.2, -0.15) is 0 Å². The third kappa shape index (κ3) is 3.55. The predicted octanol–water partition coefficient (Wildman–Crippen LogP) is 3.58. The normalized spacial score (nSPS) is 9.90. The highest BCUT2D eigenvalue weighted by molar-refractivity contribution is 6.33. The van der Waals surface area contributed by atoms with E-state index in [1.807, 2.05) is 0 Å². The van der Waals surface area contributed by atoms with E-state index in [9.17, 15) is 9.59 Å². The minimum Gasteiger partial charge on any atom is -0.308 e. The molecule has 0 aliphatic rings. The number of pyridine rings is 1. The Morgan fingerprint density at radius 2 is 1.80 bits per heavy atom. The Hall–Kier alpha value is -2.40. The van der Waals surface area contributed by atoms with E-state index in [0.29, 0.717) is 22.0 Å². The first-order valence-corrected chi connectivity index (χ1v) is 6.22. The third-order valence-electron chi connectivity index (χ3n) is 2.57. The summed E-state index contributed by atoms with van der Waals surface area (Å²) in [6, 6.07) is 7.75. The van der Waals surface area contributed by atoms with Gasteiger partial charge >= 0.3 is 6.03 Å². The lowest BCUT2D eigenvalue weighted by Crippen LogP contribution is -2.19. The van der Waals surface area contributed by atoms with Gasteiger partial charge in [0.05, 0.1) is 16.9 Å². The van der Waals surface area contributed by atoms with Gasteiger partial charge in [-0.15, -0.1) is 0 Å². The average Bonchev–Trinajstić information content (AvgIpc) is 2.42. The minimum absolute atomic E-state index is 0.0249. The molecule has 0 radical (unpaired) electrons. The minimum atomic E-state index is -0.435. The van der Waals surface area contributed by atoms with Gasteiger partial charge in [-0.3, -0.25) is 9.78 Å². The number of hydrogen-bond donors (Lipinski definition) is 2. The number of rotatable bonds is 3. The molecule has 2 aromatic rings. The van der Waals surface area contributed by atoms with Crippen LogP contribution in [0.2, 0.25) is 5.02 Å². The van der Waals surface area contributed by atoms with Crippen molar-refractivity contribution < 1.29 is 9.59 Å². The number of halogens is 1. The van der Waals surface area contributed by atoms with Gasteiger partial charge in [-0.05, 0) is 37.3 Å². The van der Waals surface area contributed by atoms with Gasteiger partial charge in [0.15, 0.2) is 5.78 Å². The van der Waals surface area contributed by atoms with Crippen LogP contribution in [0.1, 0.15) is 17.3 Å². The molecular weight excluding hydrogens is 278 g/mol. The lowest BCUT2D eigenvalue weighted by Gasteiger charge is -2.08. The number of carbonyl (C=O) groups excluding carboxylic acids is 2. The number of aromatic nitrogens is 1. The monoisotopic (exact) mass is 289 g/mol. The molecule has 0 fully saturated rings. The van der Waals surface area contributed by atoms with Crippen molar-refractivity contribution in [2.45, 2.75) is 6.92 Å². The van der Waals surface area contributed by atoms with E-state index in [1.54, 1.807) is 30.3 Å². The maximum absolute atomic E-state index is 11.8. The Kier molecular flexibility index (Phi) is 4.32. The van der Waals surface area contributed by atoms with Crippen molar-refractivity contribution in [3.05, 3.63) is 53.3 Å². The maximum Gasteiger partial charge on any atom is 0.323 e. The molecule has 5 nitrogen and oxygen atoms in total. The Bertz CT molecular complexity index is 641. The Labute approximate surface area is 121 Å². The summed E-state index contributed by atoms with van der Waals surface area (Å²) in [6.45, 7) is 1.49. The van der Waals surface area contributed by atoms with Crippen LogP contribution in [0.4, 0.5) is 16.2 Å². The third-order valence-corrected chi connectivity index (χ3v) is 2.89. The fraction of sp³-hybridized carbons (Fsp3) is 0.0714. The highest BCUT2D eigenvalue weighted by Crippen LogP contribution is 2.19. The smallest absolute Gasteiger partial charge is 0.308 e. The van der Waals surface area contributed by atoms with E-state index in [2.05, 4.69) is 15.6 Å². The summed E-state index contributed by atoms with van der Waals surface area (Å²) in [5, 5.41) is 5.63. The zero-order valence-electron chi connectivity index (χ0n) is 10.7. The van der Waals surface area contributed by atoms with Crippen molar-refractivity contribution in [3.8, 4) is 0 Å². The van der Waals surface area contributed by atoms with E-state index in [0.717, 1.165) is 0 Å². The highest BCUT2D eigenvalue weighted by atomic mass is 35.5. The van der Waals surface area contributed by atoms with Crippen molar-refractivity contribution in [1.29, 1.82) is 0 Å². The largest absolute Gasteiger partial charge is 0.323 e. The molecule has 0 spiro atoms. The summed E-state index contributed by atoms with van der Waals surface area (Å²) >= 11 is 5.91. The molecule has 2 amide bonds. The molecule has 0 aliphatic carbocycles. The van der Waals surface area contributed by atoms with Crippen LogP contribution in [0.3, 0.4) is 0 Å². The number of urea groups is 1. The molecule has 2 rings (SSSR count). The summed E-state index contributed by atoms with van der Waals surface area (Å²) < 4.78 is 0. The SMILES string of the molecule is CC(=O)c1ccc(NC(=O)Nc2cnccc2Cl)cc1. The van der Waals surface area contributed by atoms with Crippen molar-refractivity contribution in [1.82, 2.24) is 4.98 Å². The molecule has 0 bridgehead atoms. The molecule has 6 heteroatoms. The molecule has 0 saturated heterocycles. The summed E-state index contributed by atoms with van der Waals surface area (Å²) in [6.07, 6.45) is 2.99. The molecule has 2 N–H and O–H groups in total. The first-order chi connectivity index (χ1) is 9.56. The van der Waals surface area contributed by atoms with Crippen LogP contribution in [0.5, 0.6) is 0 Å². The van der Waals surface area contributed by atoms with Crippen molar-refractivity contribution >= 4 is 34.8 Å². The van der Waals surface area contributed by atoms with Crippen molar-refractivity contribution in [3.63, 3.8) is 0 Å². The number of Topliss-reactive ketones (excluding diaryl/α,β-unsaturated/α-hetero) is 1. The summed E-state index contributed by atoms with van der Waals surface area (Å²) in [7, 11) is 0. The van der Waals surface area contributed by atoms with Crippen LogP contribution in [-0.2, 0) is 0 Å². The fourth-order valence-corrected chi connectivity index (χ4v) is 1.69. The quantitative estimate of drug-likeness (QED) is 0.848.